The minimum absolute atomic E-state index is 0.123. The lowest BCUT2D eigenvalue weighted by atomic mass is 10.1. The Labute approximate surface area is 170 Å². The number of carbonyl (C=O) groups excluding carboxylic acids is 1. The van der Waals surface area contributed by atoms with Crippen LogP contribution in [0.4, 0.5) is 5.69 Å². The van der Waals surface area contributed by atoms with Crippen molar-refractivity contribution in [2.45, 2.75) is 18.3 Å². The number of non-ortho nitro benzene ring substituents is 1. The largest absolute Gasteiger partial charge is 0.490 e. The molecule has 2 aromatic carbocycles. The van der Waals surface area contributed by atoms with Crippen LogP contribution in [0.3, 0.4) is 0 Å². The van der Waals surface area contributed by atoms with Crippen molar-refractivity contribution in [3.63, 3.8) is 0 Å². The van der Waals surface area contributed by atoms with Gasteiger partial charge in [-0.1, -0.05) is 6.07 Å². The Bertz CT molecular complexity index is 933. The number of esters is 1. The van der Waals surface area contributed by atoms with Gasteiger partial charge in [-0.2, -0.15) is 0 Å². The molecule has 1 saturated heterocycles. The number of hydrogen-bond donors (Lipinski definition) is 2. The van der Waals surface area contributed by atoms with Crippen molar-refractivity contribution in [1.82, 2.24) is 5.32 Å². The van der Waals surface area contributed by atoms with Gasteiger partial charge in [-0.3, -0.25) is 20.2 Å². The van der Waals surface area contributed by atoms with Crippen LogP contribution in [0.25, 0.3) is 0 Å². The SMILES string of the molecule is CCOc1cc([C@H]2N[C@@H](C(=O)O)CS2)ccc1OC(=O)c1ccc([N+](=O)[O-])cc1. The Morgan fingerprint density at radius 2 is 1.97 bits per heavy atom. The summed E-state index contributed by atoms with van der Waals surface area (Å²) in [5.41, 5.74) is 0.846. The summed E-state index contributed by atoms with van der Waals surface area (Å²) in [4.78, 5) is 33.7. The average Bonchev–Trinajstić information content (AvgIpc) is 3.20. The minimum Gasteiger partial charge on any atom is -0.490 e. The third-order valence-corrected chi connectivity index (χ3v) is 5.43. The van der Waals surface area contributed by atoms with E-state index in [-0.39, 0.29) is 22.4 Å². The summed E-state index contributed by atoms with van der Waals surface area (Å²) in [5, 5.41) is 22.7. The molecule has 0 saturated carbocycles. The predicted octanol–water partition coefficient (Wildman–Crippen LogP) is 3.00. The second kappa shape index (κ2) is 8.93. The van der Waals surface area contributed by atoms with Crippen molar-refractivity contribution in [2.75, 3.05) is 12.4 Å². The molecule has 3 rings (SSSR count). The van der Waals surface area contributed by atoms with Crippen LogP contribution >= 0.6 is 11.8 Å². The first-order chi connectivity index (χ1) is 13.9. The Morgan fingerprint density at radius 1 is 1.24 bits per heavy atom. The lowest BCUT2D eigenvalue weighted by Gasteiger charge is -2.16. The Hall–Kier alpha value is -3.11. The van der Waals surface area contributed by atoms with Gasteiger partial charge in [0.2, 0.25) is 0 Å². The second-order valence-electron chi connectivity index (χ2n) is 6.10. The molecule has 152 valence electrons. The number of nitrogens with one attached hydrogen (secondary N) is 1. The van der Waals surface area contributed by atoms with Gasteiger partial charge in [-0.25, -0.2) is 4.79 Å². The molecular weight excluding hydrogens is 400 g/mol. The number of aliphatic carboxylic acids is 1. The summed E-state index contributed by atoms with van der Waals surface area (Å²) >= 11 is 1.47. The monoisotopic (exact) mass is 418 g/mol. The molecule has 1 aliphatic heterocycles. The van der Waals surface area contributed by atoms with Gasteiger partial charge in [-0.15, -0.1) is 11.8 Å². The molecule has 2 N–H and O–H groups in total. The number of nitro groups is 1. The average molecular weight is 418 g/mol. The molecule has 1 fully saturated rings. The first-order valence-electron chi connectivity index (χ1n) is 8.73. The molecule has 0 bridgehead atoms. The highest BCUT2D eigenvalue weighted by Gasteiger charge is 2.31. The van der Waals surface area contributed by atoms with Crippen LogP contribution in [-0.2, 0) is 4.79 Å². The van der Waals surface area contributed by atoms with Crippen LogP contribution in [0.5, 0.6) is 11.5 Å². The van der Waals surface area contributed by atoms with Crippen molar-refractivity contribution < 1.29 is 29.1 Å². The maximum Gasteiger partial charge on any atom is 0.343 e. The number of carboxylic acid groups (broad SMARTS) is 1. The number of carboxylic acids is 1. The Balaban J connectivity index is 1.77. The highest BCUT2D eigenvalue weighted by molar-refractivity contribution is 7.99. The number of nitrogens with zero attached hydrogens (tertiary/aromatic N) is 1. The van der Waals surface area contributed by atoms with E-state index in [0.717, 1.165) is 5.56 Å². The van der Waals surface area contributed by atoms with E-state index < -0.39 is 22.9 Å². The van der Waals surface area contributed by atoms with Gasteiger partial charge < -0.3 is 14.6 Å². The summed E-state index contributed by atoms with van der Waals surface area (Å²) in [6.07, 6.45) is 0. The lowest BCUT2D eigenvalue weighted by molar-refractivity contribution is -0.384. The first-order valence-corrected chi connectivity index (χ1v) is 9.77. The zero-order valence-electron chi connectivity index (χ0n) is 15.4. The minimum atomic E-state index is -0.904. The smallest absolute Gasteiger partial charge is 0.343 e. The van der Waals surface area contributed by atoms with Gasteiger partial charge >= 0.3 is 11.9 Å². The highest BCUT2D eigenvalue weighted by atomic mass is 32.2. The quantitative estimate of drug-likeness (QED) is 0.302. The van der Waals surface area contributed by atoms with Gasteiger partial charge in [0.05, 0.1) is 22.5 Å². The van der Waals surface area contributed by atoms with E-state index in [0.29, 0.717) is 18.1 Å². The normalized spacial score (nSPS) is 18.2. The first kappa shape index (κ1) is 20.6. The third-order valence-electron chi connectivity index (χ3n) is 4.17. The molecule has 10 heteroatoms. The molecule has 0 radical (unpaired) electrons. The molecule has 0 amide bonds. The Kier molecular flexibility index (Phi) is 6.35. The van der Waals surface area contributed by atoms with E-state index in [2.05, 4.69) is 5.32 Å². The van der Waals surface area contributed by atoms with Gasteiger partial charge in [0.25, 0.3) is 5.69 Å². The van der Waals surface area contributed by atoms with Crippen LogP contribution in [0, 0.1) is 10.1 Å². The number of hydrogen-bond acceptors (Lipinski definition) is 8. The summed E-state index contributed by atoms with van der Waals surface area (Å²) in [6, 6.07) is 9.49. The number of benzene rings is 2. The molecule has 9 nitrogen and oxygen atoms in total. The standard InChI is InChI=1S/C19H18N2O7S/c1-2-27-16-9-12(17-20-14(10-29-17)18(22)23)5-8-15(16)28-19(24)11-3-6-13(7-4-11)21(25)26/h3-9,14,17,20H,2,10H2,1H3,(H,22,23)/t14-,17+/m1/s1. The second-order valence-corrected chi connectivity index (χ2v) is 7.24. The van der Waals surface area contributed by atoms with E-state index in [1.165, 1.54) is 36.0 Å². The third kappa shape index (κ3) is 4.84. The van der Waals surface area contributed by atoms with Crippen molar-refractivity contribution >= 4 is 29.4 Å². The summed E-state index contributed by atoms with van der Waals surface area (Å²) < 4.78 is 11.0. The van der Waals surface area contributed by atoms with E-state index in [1.54, 1.807) is 25.1 Å². The van der Waals surface area contributed by atoms with Crippen LogP contribution in [0.15, 0.2) is 42.5 Å². The summed E-state index contributed by atoms with van der Waals surface area (Å²) in [5.74, 6) is -0.578. The molecule has 0 unspecified atom stereocenters. The maximum atomic E-state index is 12.4. The molecule has 0 aliphatic carbocycles. The number of rotatable bonds is 7. The van der Waals surface area contributed by atoms with Gasteiger partial charge in [-0.05, 0) is 36.8 Å². The molecule has 0 spiro atoms. The number of nitro benzene ring substituents is 1. The van der Waals surface area contributed by atoms with Crippen molar-refractivity contribution in [1.29, 1.82) is 0 Å². The summed E-state index contributed by atoms with van der Waals surface area (Å²) in [7, 11) is 0. The topological polar surface area (TPSA) is 128 Å². The number of thioether (sulfide) groups is 1. The predicted molar refractivity (Wildman–Crippen MR) is 105 cm³/mol. The highest BCUT2D eigenvalue weighted by Crippen LogP contribution is 2.38. The molecule has 2 aromatic rings. The van der Waals surface area contributed by atoms with Crippen molar-refractivity contribution in [3.8, 4) is 11.5 Å². The molecule has 0 aromatic heterocycles. The van der Waals surface area contributed by atoms with Gasteiger partial charge in [0.15, 0.2) is 11.5 Å². The van der Waals surface area contributed by atoms with E-state index in [4.69, 9.17) is 14.6 Å². The van der Waals surface area contributed by atoms with Crippen LogP contribution in [-0.4, -0.2) is 40.4 Å². The zero-order chi connectivity index (χ0) is 21.0. The molecule has 1 heterocycles. The number of carbonyl (C=O) groups is 2. The summed E-state index contributed by atoms with van der Waals surface area (Å²) in [6.45, 7) is 2.13. The van der Waals surface area contributed by atoms with E-state index >= 15 is 0 Å². The van der Waals surface area contributed by atoms with E-state index in [1.807, 2.05) is 0 Å². The van der Waals surface area contributed by atoms with Crippen LogP contribution < -0.4 is 14.8 Å². The van der Waals surface area contributed by atoms with Gasteiger partial charge in [0, 0.05) is 17.9 Å². The molecule has 29 heavy (non-hydrogen) atoms. The fourth-order valence-electron chi connectivity index (χ4n) is 2.72. The van der Waals surface area contributed by atoms with Crippen molar-refractivity contribution in [2.24, 2.45) is 0 Å². The molecule has 2 atom stereocenters. The Morgan fingerprint density at radius 3 is 2.55 bits per heavy atom. The van der Waals surface area contributed by atoms with Crippen LogP contribution in [0.2, 0.25) is 0 Å². The fourth-order valence-corrected chi connectivity index (χ4v) is 3.95. The number of ether oxygens (including phenoxy) is 2. The van der Waals surface area contributed by atoms with E-state index in [9.17, 15) is 19.7 Å². The van der Waals surface area contributed by atoms with Gasteiger partial charge in [0.1, 0.15) is 6.04 Å². The zero-order valence-corrected chi connectivity index (χ0v) is 16.2. The lowest BCUT2D eigenvalue weighted by Crippen LogP contribution is -2.33. The molecule has 1 aliphatic rings. The van der Waals surface area contributed by atoms with Crippen LogP contribution in [0.1, 0.15) is 28.2 Å². The fraction of sp³-hybridized carbons (Fsp3) is 0.263. The maximum absolute atomic E-state index is 12.4. The van der Waals surface area contributed by atoms with Crippen molar-refractivity contribution in [3.05, 3.63) is 63.7 Å². The molecular formula is C19H18N2O7S.